The Balaban J connectivity index is 1.48. The molecule has 4 rings (SSSR count). The maximum Gasteiger partial charge on any atom is 0.246 e. The second-order valence-corrected chi connectivity index (χ2v) is 10.2. The number of benzene rings is 2. The fourth-order valence-corrected chi connectivity index (χ4v) is 5.41. The van der Waals surface area contributed by atoms with Crippen LogP contribution < -0.4 is 10.6 Å². The minimum absolute atomic E-state index is 0.117. The summed E-state index contributed by atoms with van der Waals surface area (Å²) in [6, 6.07) is 9.16. The number of rotatable bonds is 6. The number of aryl methyl sites for hydroxylation is 1. The van der Waals surface area contributed by atoms with E-state index in [4.69, 9.17) is 16.0 Å². The molecule has 0 saturated carbocycles. The zero-order valence-corrected chi connectivity index (χ0v) is 19.5. The fraction of sp³-hybridized carbons (Fsp3) is 0.364. The molecule has 1 unspecified atom stereocenters. The van der Waals surface area contributed by atoms with E-state index in [9.17, 15) is 13.2 Å². The minimum Gasteiger partial charge on any atom is -0.441 e. The highest BCUT2D eigenvalue weighted by Gasteiger charge is 2.27. The third-order valence-electron chi connectivity index (χ3n) is 5.42. The van der Waals surface area contributed by atoms with Gasteiger partial charge in [-0.3, -0.25) is 4.79 Å². The van der Waals surface area contributed by atoms with Crippen LogP contribution in [-0.4, -0.2) is 42.7 Å². The molecule has 1 atom stereocenters. The van der Waals surface area contributed by atoms with Crippen LogP contribution in [0.25, 0.3) is 11.1 Å². The predicted molar refractivity (Wildman–Crippen MR) is 125 cm³/mol. The molecular formula is C22H25ClN4O4S. The zero-order chi connectivity index (χ0) is 22.9. The SMILES string of the molecule is Cc1nc2cc(NC(C)C(=O)Nc3cc(S(=O)(=O)N4CCCCC4)ccc3Cl)ccc2o1. The molecule has 0 spiro atoms. The molecule has 1 fully saturated rings. The van der Waals surface area contributed by atoms with Crippen molar-refractivity contribution >= 4 is 50.0 Å². The smallest absolute Gasteiger partial charge is 0.246 e. The van der Waals surface area contributed by atoms with Gasteiger partial charge < -0.3 is 15.1 Å². The number of nitrogens with zero attached hydrogens (tertiary/aromatic N) is 2. The molecule has 2 aromatic carbocycles. The average molecular weight is 477 g/mol. The second kappa shape index (κ2) is 9.09. The van der Waals surface area contributed by atoms with Gasteiger partial charge in [0.15, 0.2) is 11.5 Å². The molecule has 10 heteroatoms. The molecule has 0 radical (unpaired) electrons. The van der Waals surface area contributed by atoms with Gasteiger partial charge >= 0.3 is 0 Å². The van der Waals surface area contributed by atoms with Crippen molar-refractivity contribution in [3.63, 3.8) is 0 Å². The van der Waals surface area contributed by atoms with Crippen molar-refractivity contribution in [2.24, 2.45) is 0 Å². The number of fused-ring (bicyclic) bond motifs is 1. The summed E-state index contributed by atoms with van der Waals surface area (Å²) in [6.45, 7) is 4.48. The van der Waals surface area contributed by atoms with E-state index in [0.29, 0.717) is 35.8 Å². The van der Waals surface area contributed by atoms with E-state index >= 15 is 0 Å². The van der Waals surface area contributed by atoms with Gasteiger partial charge in [0.1, 0.15) is 11.6 Å². The zero-order valence-electron chi connectivity index (χ0n) is 17.9. The molecule has 0 aliphatic carbocycles. The quantitative estimate of drug-likeness (QED) is 0.546. The average Bonchev–Trinajstić information content (AvgIpc) is 3.15. The van der Waals surface area contributed by atoms with E-state index < -0.39 is 16.1 Å². The summed E-state index contributed by atoms with van der Waals surface area (Å²) in [5.41, 5.74) is 2.33. The molecule has 170 valence electrons. The Morgan fingerprint density at radius 2 is 1.91 bits per heavy atom. The van der Waals surface area contributed by atoms with Crippen molar-refractivity contribution in [1.82, 2.24) is 9.29 Å². The van der Waals surface area contributed by atoms with Gasteiger partial charge in [-0.15, -0.1) is 0 Å². The van der Waals surface area contributed by atoms with Crippen molar-refractivity contribution in [1.29, 1.82) is 0 Å². The first-order valence-corrected chi connectivity index (χ1v) is 12.3. The monoisotopic (exact) mass is 476 g/mol. The van der Waals surface area contributed by atoms with Crippen molar-refractivity contribution in [3.05, 3.63) is 47.3 Å². The number of piperidine rings is 1. The van der Waals surface area contributed by atoms with Crippen LogP contribution in [0.4, 0.5) is 11.4 Å². The van der Waals surface area contributed by atoms with Crippen molar-refractivity contribution in [2.75, 3.05) is 23.7 Å². The lowest BCUT2D eigenvalue weighted by Gasteiger charge is -2.26. The third-order valence-corrected chi connectivity index (χ3v) is 7.64. The Labute approximate surface area is 192 Å². The molecule has 1 aliphatic rings. The lowest BCUT2D eigenvalue weighted by Crippen LogP contribution is -2.35. The maximum absolute atomic E-state index is 13.0. The minimum atomic E-state index is -3.63. The highest BCUT2D eigenvalue weighted by Crippen LogP contribution is 2.28. The number of carbonyl (C=O) groups is 1. The van der Waals surface area contributed by atoms with Crippen molar-refractivity contribution in [3.8, 4) is 0 Å². The molecule has 1 aliphatic heterocycles. The van der Waals surface area contributed by atoms with Crippen LogP contribution in [0.5, 0.6) is 0 Å². The number of anilines is 2. The Morgan fingerprint density at radius 1 is 1.16 bits per heavy atom. The number of hydrogen-bond acceptors (Lipinski definition) is 6. The standard InChI is InChI=1S/C22H25ClN4O4S/c1-14(24-16-6-9-21-20(12-16)25-15(2)31-21)22(28)26-19-13-17(7-8-18(19)23)32(29,30)27-10-4-3-5-11-27/h6-9,12-14,24H,3-5,10-11H2,1-2H3,(H,26,28). The molecule has 0 bridgehead atoms. The molecule has 32 heavy (non-hydrogen) atoms. The Bertz CT molecular complexity index is 1250. The van der Waals surface area contributed by atoms with Gasteiger partial charge in [-0.05, 0) is 56.2 Å². The Kier molecular flexibility index (Phi) is 6.41. The highest BCUT2D eigenvalue weighted by atomic mass is 35.5. The van der Waals surface area contributed by atoms with E-state index in [2.05, 4.69) is 15.6 Å². The van der Waals surface area contributed by atoms with Crippen LogP contribution in [0.3, 0.4) is 0 Å². The third kappa shape index (κ3) is 4.74. The summed E-state index contributed by atoms with van der Waals surface area (Å²) in [6.07, 6.45) is 2.72. The summed E-state index contributed by atoms with van der Waals surface area (Å²) in [5, 5.41) is 6.12. The van der Waals surface area contributed by atoms with Gasteiger partial charge in [0.25, 0.3) is 0 Å². The van der Waals surface area contributed by atoms with Crippen molar-refractivity contribution in [2.45, 2.75) is 44.0 Å². The normalized spacial score (nSPS) is 16.1. The molecule has 2 N–H and O–H groups in total. The van der Waals surface area contributed by atoms with E-state index in [1.165, 1.54) is 22.5 Å². The Hall–Kier alpha value is -2.62. The summed E-state index contributed by atoms with van der Waals surface area (Å²) in [4.78, 5) is 17.2. The molecule has 3 aromatic rings. The Morgan fingerprint density at radius 3 is 2.66 bits per heavy atom. The summed E-state index contributed by atoms with van der Waals surface area (Å²) in [7, 11) is -3.63. The molecule has 1 saturated heterocycles. The molecule has 2 heterocycles. The topological polar surface area (TPSA) is 105 Å². The number of amides is 1. The first-order valence-electron chi connectivity index (χ1n) is 10.5. The second-order valence-electron chi connectivity index (χ2n) is 7.88. The van der Waals surface area contributed by atoms with Crippen LogP contribution in [0.15, 0.2) is 45.7 Å². The van der Waals surface area contributed by atoms with Gasteiger partial charge in [0.2, 0.25) is 15.9 Å². The highest BCUT2D eigenvalue weighted by molar-refractivity contribution is 7.89. The number of aromatic nitrogens is 1. The largest absolute Gasteiger partial charge is 0.441 e. The fourth-order valence-electron chi connectivity index (χ4n) is 3.70. The molecular weight excluding hydrogens is 452 g/mol. The first kappa shape index (κ1) is 22.6. The van der Waals surface area contributed by atoms with Crippen LogP contribution in [-0.2, 0) is 14.8 Å². The lowest BCUT2D eigenvalue weighted by atomic mass is 10.2. The number of hydrogen-bond donors (Lipinski definition) is 2. The number of sulfonamides is 1. The molecule has 8 nitrogen and oxygen atoms in total. The van der Waals surface area contributed by atoms with E-state index in [1.54, 1.807) is 32.0 Å². The maximum atomic E-state index is 13.0. The van der Waals surface area contributed by atoms with Crippen LogP contribution in [0.2, 0.25) is 5.02 Å². The van der Waals surface area contributed by atoms with Crippen LogP contribution in [0, 0.1) is 6.92 Å². The molecule has 1 amide bonds. The summed E-state index contributed by atoms with van der Waals surface area (Å²) in [5.74, 6) is 0.216. The number of carbonyl (C=O) groups excluding carboxylic acids is 1. The van der Waals surface area contributed by atoms with Gasteiger partial charge in [-0.1, -0.05) is 18.0 Å². The molecule has 1 aromatic heterocycles. The number of oxazole rings is 1. The van der Waals surface area contributed by atoms with Gasteiger partial charge in [-0.25, -0.2) is 13.4 Å². The van der Waals surface area contributed by atoms with Gasteiger partial charge in [-0.2, -0.15) is 4.31 Å². The van der Waals surface area contributed by atoms with Crippen LogP contribution >= 0.6 is 11.6 Å². The van der Waals surface area contributed by atoms with Crippen LogP contribution in [0.1, 0.15) is 32.1 Å². The predicted octanol–water partition coefficient (Wildman–Crippen LogP) is 4.40. The van der Waals surface area contributed by atoms with E-state index in [-0.39, 0.29) is 21.5 Å². The summed E-state index contributed by atoms with van der Waals surface area (Å²) >= 11 is 6.25. The lowest BCUT2D eigenvalue weighted by molar-refractivity contribution is -0.116. The summed E-state index contributed by atoms with van der Waals surface area (Å²) < 4.78 is 32.9. The van der Waals surface area contributed by atoms with E-state index in [1.807, 2.05) is 0 Å². The van der Waals surface area contributed by atoms with Crippen molar-refractivity contribution < 1.29 is 17.6 Å². The van der Waals surface area contributed by atoms with Gasteiger partial charge in [0.05, 0.1) is 15.6 Å². The number of halogens is 1. The van der Waals surface area contributed by atoms with Gasteiger partial charge in [0, 0.05) is 25.7 Å². The van der Waals surface area contributed by atoms with E-state index in [0.717, 1.165) is 19.3 Å². The first-order chi connectivity index (χ1) is 15.2. The number of nitrogens with one attached hydrogen (secondary N) is 2.